The maximum Gasteiger partial charge on any atom is 0.317 e. The summed E-state index contributed by atoms with van der Waals surface area (Å²) in [5.41, 5.74) is 1.86. The lowest BCUT2D eigenvalue weighted by molar-refractivity contribution is -0.140. The standard InChI is InChI=1S/C56H83N11O12/c1-10-40-17-18-56(39(4)31-40,55(77)58-20-19-57-48(68)34-63-23-25-64(35-49(69)70)27-29-66(37-51(73)74)30-28-65(26-24-63)36-50(71)72)59-53(75)43-33-45(52-46(78-8)13-11-14-47(52)79-9)67(60-43)44-16-15-41(32-42(44)38(2)3)54(76)62(7)22-12-21-61(5)6/h11,13-16,32-33,38,40H,4,10,12,17-31,34-37H2,1-3,5-9H3,(H,57,68)(H,58,77)(H,59,75)(H,69,70)(H,71,72)(H,73,74). The number of hydrogen-bond donors (Lipinski definition) is 6. The fourth-order valence-electron chi connectivity index (χ4n) is 10.1. The first-order valence-corrected chi connectivity index (χ1v) is 27.1. The molecule has 6 N–H and O–H groups in total. The van der Waals surface area contributed by atoms with Gasteiger partial charge in [-0.2, -0.15) is 5.10 Å². The van der Waals surface area contributed by atoms with Crippen LogP contribution in [0.1, 0.15) is 85.2 Å². The second-order valence-corrected chi connectivity index (χ2v) is 21.0. The number of amides is 4. The summed E-state index contributed by atoms with van der Waals surface area (Å²) in [6, 6.07) is 12.4. The number of carbonyl (C=O) groups is 7. The van der Waals surface area contributed by atoms with Gasteiger partial charge in [0.1, 0.15) is 17.0 Å². The van der Waals surface area contributed by atoms with Crippen LogP contribution in [0.4, 0.5) is 0 Å². The van der Waals surface area contributed by atoms with Gasteiger partial charge >= 0.3 is 17.9 Å². The molecule has 79 heavy (non-hydrogen) atoms. The van der Waals surface area contributed by atoms with Crippen molar-refractivity contribution in [2.75, 3.05) is 140 Å². The Labute approximate surface area is 463 Å². The highest BCUT2D eigenvalue weighted by atomic mass is 16.5. The number of rotatable bonds is 25. The number of carboxylic acid groups (broad SMARTS) is 3. The van der Waals surface area contributed by atoms with Crippen molar-refractivity contribution in [1.29, 1.82) is 0 Å². The average molecular weight is 1100 g/mol. The lowest BCUT2D eigenvalue weighted by Crippen LogP contribution is -2.62. The predicted molar refractivity (Wildman–Crippen MR) is 298 cm³/mol. The van der Waals surface area contributed by atoms with Gasteiger partial charge in [0.05, 0.1) is 57.3 Å². The van der Waals surface area contributed by atoms with Crippen LogP contribution in [0.3, 0.4) is 0 Å². The predicted octanol–water partition coefficient (Wildman–Crippen LogP) is 2.65. The van der Waals surface area contributed by atoms with Crippen LogP contribution < -0.4 is 25.4 Å². The highest BCUT2D eigenvalue weighted by molar-refractivity contribution is 6.01. The quantitative estimate of drug-likeness (QED) is 0.0526. The number of benzene rings is 2. The molecule has 1 aliphatic heterocycles. The second kappa shape index (κ2) is 29.9. The van der Waals surface area contributed by atoms with E-state index >= 15 is 0 Å². The summed E-state index contributed by atoms with van der Waals surface area (Å²) in [5.74, 6) is -3.78. The summed E-state index contributed by atoms with van der Waals surface area (Å²) in [6.07, 6.45) is 3.01. The molecule has 0 radical (unpaired) electrons. The Morgan fingerprint density at radius 2 is 1.29 bits per heavy atom. The van der Waals surface area contributed by atoms with Crippen molar-refractivity contribution in [2.24, 2.45) is 5.92 Å². The number of methoxy groups -OCH3 is 2. The summed E-state index contributed by atoms with van der Waals surface area (Å²) in [4.78, 5) is 103. The molecule has 2 aromatic carbocycles. The summed E-state index contributed by atoms with van der Waals surface area (Å²) in [5, 5.41) is 42.5. The van der Waals surface area contributed by atoms with Crippen molar-refractivity contribution in [3.8, 4) is 28.4 Å². The first-order valence-electron chi connectivity index (χ1n) is 27.1. The van der Waals surface area contributed by atoms with E-state index in [4.69, 9.17) is 14.6 Å². The van der Waals surface area contributed by atoms with Gasteiger partial charge in [-0.25, -0.2) is 4.68 Å². The number of nitrogens with zero attached hydrogens (tertiary/aromatic N) is 8. The molecule has 0 spiro atoms. The average Bonchev–Trinajstić information content (AvgIpc) is 3.85. The molecule has 1 saturated heterocycles. The smallest absolute Gasteiger partial charge is 0.317 e. The largest absolute Gasteiger partial charge is 0.496 e. The molecule has 3 aromatic rings. The van der Waals surface area contributed by atoms with Crippen LogP contribution in [0.5, 0.6) is 11.5 Å². The SMILES string of the molecule is C=C1CC(CC)CCC1(NC(=O)c1cc(-c2c(OC)cccc2OC)n(-c2ccc(C(=O)N(C)CCCN(C)C)cc2C(C)C)n1)C(=O)NCCNC(=O)CN1CCN(CC(=O)O)CCN(CC(=O)O)CCN(CC(=O)O)CC1. The van der Waals surface area contributed by atoms with E-state index in [0.29, 0.717) is 59.0 Å². The Morgan fingerprint density at radius 3 is 1.77 bits per heavy atom. The molecule has 1 aliphatic carbocycles. The molecule has 23 heteroatoms. The van der Waals surface area contributed by atoms with Gasteiger partial charge in [0.15, 0.2) is 5.69 Å². The summed E-state index contributed by atoms with van der Waals surface area (Å²) >= 11 is 0. The van der Waals surface area contributed by atoms with Crippen LogP contribution >= 0.6 is 0 Å². The number of ether oxygens (including phenoxy) is 2. The van der Waals surface area contributed by atoms with E-state index in [2.05, 4.69) is 34.4 Å². The minimum absolute atomic E-state index is 0.00692. The highest BCUT2D eigenvalue weighted by Crippen LogP contribution is 2.42. The molecule has 2 unspecified atom stereocenters. The van der Waals surface area contributed by atoms with Crippen molar-refractivity contribution in [1.82, 2.24) is 55.1 Å². The third-order valence-electron chi connectivity index (χ3n) is 14.7. The summed E-state index contributed by atoms with van der Waals surface area (Å²) < 4.78 is 13.4. The van der Waals surface area contributed by atoms with Crippen LogP contribution in [-0.2, 0) is 24.0 Å². The van der Waals surface area contributed by atoms with Crippen LogP contribution in [-0.4, -0.2) is 242 Å². The van der Waals surface area contributed by atoms with Gasteiger partial charge in [-0.15, -0.1) is 0 Å². The van der Waals surface area contributed by atoms with Crippen molar-refractivity contribution < 1.29 is 58.4 Å². The Hall–Kier alpha value is -6.92. The molecule has 434 valence electrons. The molecule has 2 aliphatic rings. The van der Waals surface area contributed by atoms with Crippen molar-refractivity contribution in [3.05, 3.63) is 71.4 Å². The van der Waals surface area contributed by atoms with Crippen LogP contribution in [0, 0.1) is 5.92 Å². The molecule has 2 atom stereocenters. The Kier molecular flexibility index (Phi) is 23.8. The molecule has 5 rings (SSSR count). The zero-order chi connectivity index (χ0) is 58.0. The Morgan fingerprint density at radius 1 is 0.759 bits per heavy atom. The van der Waals surface area contributed by atoms with Crippen molar-refractivity contribution in [3.63, 3.8) is 0 Å². The van der Waals surface area contributed by atoms with E-state index < -0.39 is 35.3 Å². The molecule has 1 aromatic heterocycles. The minimum Gasteiger partial charge on any atom is -0.496 e. The van der Waals surface area contributed by atoms with Crippen LogP contribution in [0.15, 0.2) is 54.6 Å². The maximum atomic E-state index is 14.9. The molecular weight excluding hydrogens is 1020 g/mol. The molecule has 23 nitrogen and oxygen atoms in total. The molecule has 2 heterocycles. The Balaban J connectivity index is 1.38. The van der Waals surface area contributed by atoms with E-state index in [0.717, 1.165) is 24.9 Å². The summed E-state index contributed by atoms with van der Waals surface area (Å²) in [6.45, 7) is 12.9. The zero-order valence-electron chi connectivity index (χ0n) is 47.3. The first kappa shape index (κ1) is 62.9. The number of aliphatic carboxylic acids is 3. The molecular formula is C56H83N11O12. The molecule has 1 saturated carbocycles. The number of hydrogen-bond acceptors (Lipinski definition) is 15. The van der Waals surface area contributed by atoms with Gasteiger partial charge in [-0.1, -0.05) is 39.8 Å². The van der Waals surface area contributed by atoms with Gasteiger partial charge in [0.2, 0.25) is 11.8 Å². The lowest BCUT2D eigenvalue weighted by Gasteiger charge is -2.41. The van der Waals surface area contributed by atoms with Gasteiger partial charge < -0.3 is 50.5 Å². The first-order chi connectivity index (χ1) is 37.6. The van der Waals surface area contributed by atoms with E-state index in [1.807, 2.05) is 40.1 Å². The highest BCUT2D eigenvalue weighted by Gasteiger charge is 2.46. The monoisotopic (exact) mass is 1100 g/mol. The zero-order valence-corrected chi connectivity index (χ0v) is 47.3. The topological polar surface area (TPSA) is 272 Å². The van der Waals surface area contributed by atoms with E-state index in [1.54, 1.807) is 66.6 Å². The van der Waals surface area contributed by atoms with Gasteiger partial charge in [0, 0.05) is 84.6 Å². The Bertz CT molecular complexity index is 2570. The maximum absolute atomic E-state index is 14.9. The second-order valence-electron chi connectivity index (χ2n) is 21.0. The normalized spacial score (nSPS) is 18.3. The van der Waals surface area contributed by atoms with E-state index in [9.17, 15) is 48.9 Å². The third-order valence-corrected chi connectivity index (χ3v) is 14.7. The number of carboxylic acids is 3. The van der Waals surface area contributed by atoms with Gasteiger partial charge in [-0.05, 0) is 106 Å². The molecule has 0 bridgehead atoms. The van der Waals surface area contributed by atoms with E-state index in [-0.39, 0.29) is 127 Å². The minimum atomic E-state index is -1.55. The fourth-order valence-corrected chi connectivity index (χ4v) is 10.1. The van der Waals surface area contributed by atoms with E-state index in [1.165, 1.54) is 14.2 Å². The third kappa shape index (κ3) is 17.8. The number of carbonyl (C=O) groups excluding carboxylic acids is 4. The summed E-state index contributed by atoms with van der Waals surface area (Å²) in [7, 11) is 8.84. The van der Waals surface area contributed by atoms with Gasteiger partial charge in [0.25, 0.3) is 11.8 Å². The van der Waals surface area contributed by atoms with Crippen LogP contribution in [0.2, 0.25) is 0 Å². The van der Waals surface area contributed by atoms with Crippen molar-refractivity contribution in [2.45, 2.75) is 64.3 Å². The molecule has 4 amide bonds. The van der Waals surface area contributed by atoms with Gasteiger partial charge in [-0.3, -0.25) is 53.2 Å². The lowest BCUT2D eigenvalue weighted by atomic mass is 9.71. The number of aromatic nitrogens is 2. The van der Waals surface area contributed by atoms with Crippen molar-refractivity contribution >= 4 is 41.5 Å². The molecule has 2 fully saturated rings. The van der Waals surface area contributed by atoms with Crippen LogP contribution in [0.25, 0.3) is 16.9 Å². The number of nitrogens with one attached hydrogen (secondary N) is 3. The fraction of sp³-hybridized carbons (Fsp3) is 0.571.